The van der Waals surface area contributed by atoms with E-state index in [0.717, 1.165) is 32.1 Å². The van der Waals surface area contributed by atoms with Crippen LogP contribution in [0.25, 0.3) is 0 Å². The van der Waals surface area contributed by atoms with Crippen molar-refractivity contribution in [1.82, 2.24) is 5.32 Å². The molecule has 0 saturated carbocycles. The van der Waals surface area contributed by atoms with Gasteiger partial charge in [-0.3, -0.25) is 0 Å². The van der Waals surface area contributed by atoms with E-state index < -0.39 is 18.3 Å². The van der Waals surface area contributed by atoms with Crippen molar-refractivity contribution in [3.8, 4) is 0 Å². The monoisotopic (exact) mass is 293 g/mol. The van der Waals surface area contributed by atoms with Crippen molar-refractivity contribution in [3.63, 3.8) is 0 Å². The molecule has 0 unspecified atom stereocenters. The molecule has 1 fully saturated rings. The summed E-state index contributed by atoms with van der Waals surface area (Å²) in [6, 6.07) is 10.1. The van der Waals surface area contributed by atoms with Crippen molar-refractivity contribution in [2.75, 3.05) is 0 Å². The lowest BCUT2D eigenvalue weighted by Crippen LogP contribution is -2.63. The van der Waals surface area contributed by atoms with Crippen LogP contribution in [0.15, 0.2) is 30.3 Å². The zero-order valence-electron chi connectivity index (χ0n) is 12.7. The molecule has 0 amide bonds. The Hall–Kier alpha value is -0.940. The van der Waals surface area contributed by atoms with E-state index in [-0.39, 0.29) is 12.1 Å². The SMILES string of the molecule is C[C@@H]1N[C@H](CCCCCc2ccccc2)[C@@H](O)[C@H](O)[C@@H]1O. The number of nitrogens with one attached hydrogen (secondary N) is 1. The fraction of sp³-hybridized carbons (Fsp3) is 0.647. The Morgan fingerprint density at radius 1 is 0.905 bits per heavy atom. The predicted octanol–water partition coefficient (Wildman–Crippen LogP) is 1.23. The van der Waals surface area contributed by atoms with Gasteiger partial charge in [0.05, 0.1) is 12.2 Å². The number of benzene rings is 1. The molecule has 0 spiro atoms. The van der Waals surface area contributed by atoms with Crippen LogP contribution in [0.2, 0.25) is 0 Å². The number of unbranched alkanes of at least 4 members (excludes halogenated alkanes) is 2. The van der Waals surface area contributed by atoms with Crippen molar-refractivity contribution >= 4 is 0 Å². The van der Waals surface area contributed by atoms with E-state index in [4.69, 9.17) is 0 Å². The Balaban J connectivity index is 1.66. The maximum Gasteiger partial charge on any atom is 0.109 e. The van der Waals surface area contributed by atoms with E-state index in [1.54, 1.807) is 0 Å². The van der Waals surface area contributed by atoms with Gasteiger partial charge in [0, 0.05) is 12.1 Å². The molecular weight excluding hydrogens is 266 g/mol. The molecule has 1 aliphatic heterocycles. The van der Waals surface area contributed by atoms with E-state index in [9.17, 15) is 15.3 Å². The molecule has 1 aliphatic rings. The first-order chi connectivity index (χ1) is 10.1. The second kappa shape index (κ2) is 7.90. The van der Waals surface area contributed by atoms with Crippen LogP contribution < -0.4 is 5.32 Å². The second-order valence-electron chi connectivity index (χ2n) is 6.12. The van der Waals surface area contributed by atoms with Gasteiger partial charge in [0.2, 0.25) is 0 Å². The molecule has 4 N–H and O–H groups in total. The van der Waals surface area contributed by atoms with Crippen molar-refractivity contribution < 1.29 is 15.3 Å². The van der Waals surface area contributed by atoms with Crippen molar-refractivity contribution in [2.45, 2.75) is 69.4 Å². The molecule has 118 valence electrons. The van der Waals surface area contributed by atoms with Crippen molar-refractivity contribution in [2.24, 2.45) is 0 Å². The largest absolute Gasteiger partial charge is 0.389 e. The first-order valence-corrected chi connectivity index (χ1v) is 7.94. The lowest BCUT2D eigenvalue weighted by atomic mass is 9.88. The third-order valence-electron chi connectivity index (χ3n) is 4.42. The van der Waals surface area contributed by atoms with Crippen LogP contribution in [-0.4, -0.2) is 45.7 Å². The highest BCUT2D eigenvalue weighted by atomic mass is 16.4. The summed E-state index contributed by atoms with van der Waals surface area (Å²) in [5, 5.41) is 32.7. The number of piperidine rings is 1. The average molecular weight is 293 g/mol. The summed E-state index contributed by atoms with van der Waals surface area (Å²) in [4.78, 5) is 0. The molecule has 1 aromatic carbocycles. The molecule has 1 heterocycles. The summed E-state index contributed by atoms with van der Waals surface area (Å²) < 4.78 is 0. The van der Waals surface area contributed by atoms with Crippen LogP contribution in [0.4, 0.5) is 0 Å². The lowest BCUT2D eigenvalue weighted by molar-refractivity contribution is -0.111. The standard InChI is InChI=1S/C17H27NO3/c1-12-15(19)17(21)16(20)14(18-12)11-7-3-6-10-13-8-4-2-5-9-13/h2,4-5,8-9,12,14-21H,3,6-7,10-11H2,1H3/t12-,14+,15+,16+,17+/m0/s1. The van der Waals surface area contributed by atoms with Crippen molar-refractivity contribution in [3.05, 3.63) is 35.9 Å². The summed E-state index contributed by atoms with van der Waals surface area (Å²) in [5.41, 5.74) is 1.36. The van der Waals surface area contributed by atoms with E-state index in [1.165, 1.54) is 5.56 Å². The number of aliphatic hydroxyl groups is 3. The Morgan fingerprint density at radius 3 is 2.33 bits per heavy atom. The van der Waals surface area contributed by atoms with Gasteiger partial charge < -0.3 is 20.6 Å². The maximum atomic E-state index is 9.99. The molecule has 0 radical (unpaired) electrons. The van der Waals surface area contributed by atoms with Gasteiger partial charge in [-0.2, -0.15) is 0 Å². The number of aliphatic hydroxyl groups excluding tert-OH is 3. The number of hydrogen-bond acceptors (Lipinski definition) is 4. The Morgan fingerprint density at radius 2 is 1.62 bits per heavy atom. The molecule has 1 aromatic rings. The molecule has 0 aliphatic carbocycles. The maximum absolute atomic E-state index is 9.99. The molecule has 0 aromatic heterocycles. The molecule has 0 bridgehead atoms. The predicted molar refractivity (Wildman–Crippen MR) is 83.0 cm³/mol. The molecule has 4 heteroatoms. The van der Waals surface area contributed by atoms with Crippen LogP contribution in [0.3, 0.4) is 0 Å². The van der Waals surface area contributed by atoms with Gasteiger partial charge in [0.15, 0.2) is 0 Å². The van der Waals surface area contributed by atoms with Crippen molar-refractivity contribution in [1.29, 1.82) is 0 Å². The van der Waals surface area contributed by atoms with Crippen LogP contribution in [0.1, 0.15) is 38.2 Å². The van der Waals surface area contributed by atoms with Gasteiger partial charge in [-0.25, -0.2) is 0 Å². The highest BCUT2D eigenvalue weighted by molar-refractivity contribution is 5.14. The van der Waals surface area contributed by atoms with Crippen LogP contribution >= 0.6 is 0 Å². The van der Waals surface area contributed by atoms with Gasteiger partial charge in [0.1, 0.15) is 6.10 Å². The fourth-order valence-corrected chi connectivity index (χ4v) is 3.04. The third kappa shape index (κ3) is 4.51. The van der Waals surface area contributed by atoms with Gasteiger partial charge in [-0.1, -0.05) is 43.2 Å². The molecular formula is C17H27NO3. The zero-order valence-corrected chi connectivity index (χ0v) is 12.7. The summed E-state index contributed by atoms with van der Waals surface area (Å²) in [6.45, 7) is 1.84. The van der Waals surface area contributed by atoms with E-state index >= 15 is 0 Å². The summed E-state index contributed by atoms with van der Waals surface area (Å²) in [7, 11) is 0. The van der Waals surface area contributed by atoms with Crippen LogP contribution in [-0.2, 0) is 6.42 Å². The van der Waals surface area contributed by atoms with Gasteiger partial charge in [-0.15, -0.1) is 0 Å². The highest BCUT2D eigenvalue weighted by Crippen LogP contribution is 2.19. The first kappa shape index (κ1) is 16.4. The number of rotatable bonds is 6. The first-order valence-electron chi connectivity index (χ1n) is 7.94. The third-order valence-corrected chi connectivity index (χ3v) is 4.42. The minimum atomic E-state index is -1.05. The normalized spacial score (nSPS) is 33.0. The summed E-state index contributed by atoms with van der Waals surface area (Å²) in [6.07, 6.45) is 2.33. The van der Waals surface area contributed by atoms with Crippen LogP contribution in [0, 0.1) is 0 Å². The van der Waals surface area contributed by atoms with Gasteiger partial charge in [-0.05, 0) is 31.7 Å². The Kier molecular flexibility index (Phi) is 6.18. The number of hydrogen-bond donors (Lipinski definition) is 4. The van der Waals surface area contributed by atoms with E-state index in [1.807, 2.05) is 13.0 Å². The minimum Gasteiger partial charge on any atom is -0.389 e. The smallest absolute Gasteiger partial charge is 0.109 e. The zero-order chi connectivity index (χ0) is 15.2. The summed E-state index contributed by atoms with van der Waals surface area (Å²) in [5.74, 6) is 0. The average Bonchev–Trinajstić information content (AvgIpc) is 2.50. The molecule has 1 saturated heterocycles. The Bertz CT molecular complexity index is 412. The quantitative estimate of drug-likeness (QED) is 0.595. The molecule has 4 nitrogen and oxygen atoms in total. The topological polar surface area (TPSA) is 72.7 Å². The fourth-order valence-electron chi connectivity index (χ4n) is 3.04. The van der Waals surface area contributed by atoms with Gasteiger partial charge >= 0.3 is 0 Å². The molecule has 21 heavy (non-hydrogen) atoms. The van der Waals surface area contributed by atoms with E-state index in [0.29, 0.717) is 0 Å². The van der Waals surface area contributed by atoms with Crippen LogP contribution in [0.5, 0.6) is 0 Å². The van der Waals surface area contributed by atoms with E-state index in [2.05, 4.69) is 29.6 Å². The Labute approximate surface area is 126 Å². The second-order valence-corrected chi connectivity index (χ2v) is 6.12. The highest BCUT2D eigenvalue weighted by Gasteiger charge is 2.39. The number of aryl methyl sites for hydroxylation is 1. The molecule has 2 rings (SSSR count). The van der Waals surface area contributed by atoms with Gasteiger partial charge in [0.25, 0.3) is 0 Å². The molecule has 5 atom stereocenters. The minimum absolute atomic E-state index is 0.130. The lowest BCUT2D eigenvalue weighted by Gasteiger charge is -2.40. The summed E-state index contributed by atoms with van der Waals surface area (Å²) >= 11 is 0.